The topological polar surface area (TPSA) is 61.5 Å². The molecule has 0 spiro atoms. The molecule has 2 N–H and O–H groups in total. The van der Waals surface area contributed by atoms with Gasteiger partial charge >= 0.3 is 5.97 Å². The van der Waals surface area contributed by atoms with Crippen molar-refractivity contribution in [1.29, 1.82) is 0 Å². The number of ether oxygens (including phenoxy) is 2. The van der Waals surface area contributed by atoms with Gasteiger partial charge in [-0.25, -0.2) is 4.39 Å². The number of halogens is 1. The number of aryl methyl sites for hydroxylation is 1. The molecule has 0 saturated carbocycles. The molecule has 142 valence electrons. The maximum Gasteiger partial charge on any atom is 0.307 e. The smallest absolute Gasteiger partial charge is 0.307 e. The van der Waals surface area contributed by atoms with E-state index in [4.69, 9.17) is 15.2 Å². The number of nitrogens with two attached hydrogens (primary N) is 1. The van der Waals surface area contributed by atoms with Crippen LogP contribution in [-0.4, -0.2) is 31.3 Å². The van der Waals surface area contributed by atoms with Crippen LogP contribution in [0.25, 0.3) is 5.57 Å². The molecule has 1 aromatic carbocycles. The lowest BCUT2D eigenvalue weighted by Crippen LogP contribution is -2.57. The van der Waals surface area contributed by atoms with E-state index in [1.54, 1.807) is 13.8 Å². The molecule has 3 atom stereocenters. The van der Waals surface area contributed by atoms with Crippen LogP contribution >= 0.6 is 0 Å². The largest absolute Gasteiger partial charge is 0.466 e. The molecular formula is C21H28FNO3. The first-order valence-corrected chi connectivity index (χ1v) is 8.90. The van der Waals surface area contributed by atoms with Gasteiger partial charge in [-0.15, -0.1) is 0 Å². The fourth-order valence-electron chi connectivity index (χ4n) is 3.81. The van der Waals surface area contributed by atoms with Gasteiger partial charge in [0.15, 0.2) is 0 Å². The number of rotatable bonds is 6. The minimum atomic E-state index is -1.41. The summed E-state index contributed by atoms with van der Waals surface area (Å²) < 4.78 is 26.0. The van der Waals surface area contributed by atoms with Crippen LogP contribution in [0.15, 0.2) is 41.7 Å². The van der Waals surface area contributed by atoms with E-state index in [1.807, 2.05) is 44.2 Å². The molecule has 0 bridgehead atoms. The number of carbonyl (C=O) groups excluding carboxylic acids is 1. The molecule has 0 saturated heterocycles. The van der Waals surface area contributed by atoms with Gasteiger partial charge in [-0.1, -0.05) is 37.3 Å². The van der Waals surface area contributed by atoms with Gasteiger partial charge in [0.2, 0.25) is 0 Å². The number of hydrogen-bond acceptors (Lipinski definition) is 4. The number of benzene rings is 1. The van der Waals surface area contributed by atoms with Crippen molar-refractivity contribution in [3.63, 3.8) is 0 Å². The van der Waals surface area contributed by atoms with Crippen molar-refractivity contribution in [2.24, 2.45) is 11.7 Å². The predicted molar refractivity (Wildman–Crippen MR) is 101 cm³/mol. The Kier molecular flexibility index (Phi) is 6.37. The number of carbonyl (C=O) groups is 1. The van der Waals surface area contributed by atoms with Gasteiger partial charge in [0, 0.05) is 13.0 Å². The van der Waals surface area contributed by atoms with Crippen LogP contribution in [0.3, 0.4) is 0 Å². The quantitative estimate of drug-likeness (QED) is 0.780. The summed E-state index contributed by atoms with van der Waals surface area (Å²) in [5.74, 6) is -1.26. The third-order valence-electron chi connectivity index (χ3n) is 5.21. The minimum Gasteiger partial charge on any atom is -0.466 e. The molecule has 4 nitrogen and oxygen atoms in total. The summed E-state index contributed by atoms with van der Waals surface area (Å²) in [6.07, 6.45) is 1.73. The number of allylic oxidation sites excluding steroid dienone is 2. The van der Waals surface area contributed by atoms with Crippen molar-refractivity contribution in [2.45, 2.75) is 45.8 Å². The van der Waals surface area contributed by atoms with Gasteiger partial charge in [-0.3, -0.25) is 4.79 Å². The predicted octanol–water partition coefficient (Wildman–Crippen LogP) is 3.94. The highest BCUT2D eigenvalue weighted by molar-refractivity contribution is 5.76. The molecule has 0 radical (unpaired) electrons. The lowest BCUT2D eigenvalue weighted by Gasteiger charge is -2.45. The second-order valence-corrected chi connectivity index (χ2v) is 6.75. The van der Waals surface area contributed by atoms with Crippen LogP contribution in [0.5, 0.6) is 0 Å². The summed E-state index contributed by atoms with van der Waals surface area (Å²) in [5.41, 5.74) is 8.43. The zero-order valence-corrected chi connectivity index (χ0v) is 16.1. The van der Waals surface area contributed by atoms with E-state index in [0.717, 1.165) is 16.7 Å². The van der Waals surface area contributed by atoms with E-state index >= 15 is 4.39 Å². The van der Waals surface area contributed by atoms with E-state index < -0.39 is 23.4 Å². The maximum absolute atomic E-state index is 15.3. The van der Waals surface area contributed by atoms with Crippen LogP contribution in [0, 0.1) is 12.8 Å². The molecule has 5 heteroatoms. The highest BCUT2D eigenvalue weighted by atomic mass is 19.1. The van der Waals surface area contributed by atoms with Crippen LogP contribution in [0.2, 0.25) is 0 Å². The monoisotopic (exact) mass is 361 g/mol. The fourth-order valence-corrected chi connectivity index (χ4v) is 3.81. The summed E-state index contributed by atoms with van der Waals surface area (Å²) in [4.78, 5) is 11.9. The van der Waals surface area contributed by atoms with Gasteiger partial charge in [0.25, 0.3) is 0 Å². The molecule has 0 aliphatic heterocycles. The Morgan fingerprint density at radius 3 is 2.58 bits per heavy atom. The molecule has 1 aliphatic rings. The summed E-state index contributed by atoms with van der Waals surface area (Å²) in [6.45, 7) is 7.58. The van der Waals surface area contributed by atoms with Crippen molar-refractivity contribution in [1.82, 2.24) is 0 Å². The zero-order valence-electron chi connectivity index (χ0n) is 16.1. The Labute approximate surface area is 154 Å². The maximum atomic E-state index is 15.3. The number of methoxy groups -OCH3 is 1. The van der Waals surface area contributed by atoms with Crippen LogP contribution in [0.1, 0.15) is 38.3 Å². The molecule has 0 fully saturated rings. The van der Waals surface area contributed by atoms with E-state index in [2.05, 4.69) is 0 Å². The molecule has 0 heterocycles. The van der Waals surface area contributed by atoms with Gasteiger partial charge in [-0.05, 0) is 43.0 Å². The molecule has 1 aliphatic carbocycles. The highest BCUT2D eigenvalue weighted by Gasteiger charge is 2.51. The van der Waals surface area contributed by atoms with E-state index in [-0.39, 0.29) is 18.9 Å². The van der Waals surface area contributed by atoms with Gasteiger partial charge in [-0.2, -0.15) is 0 Å². The lowest BCUT2D eigenvalue weighted by atomic mass is 9.69. The summed E-state index contributed by atoms with van der Waals surface area (Å²) >= 11 is 0. The molecule has 3 unspecified atom stereocenters. The third kappa shape index (κ3) is 3.46. The van der Waals surface area contributed by atoms with Crippen molar-refractivity contribution in [3.8, 4) is 0 Å². The second kappa shape index (κ2) is 8.14. The van der Waals surface area contributed by atoms with E-state index in [0.29, 0.717) is 5.57 Å². The third-order valence-corrected chi connectivity index (χ3v) is 5.21. The van der Waals surface area contributed by atoms with Crippen LogP contribution < -0.4 is 5.73 Å². The Balaban J connectivity index is 2.52. The first kappa shape index (κ1) is 20.3. The molecule has 0 aromatic heterocycles. The van der Waals surface area contributed by atoms with Crippen LogP contribution in [0.4, 0.5) is 4.39 Å². The molecule has 26 heavy (non-hydrogen) atoms. The molecular weight excluding hydrogens is 333 g/mol. The van der Waals surface area contributed by atoms with Crippen molar-refractivity contribution >= 4 is 11.5 Å². The van der Waals surface area contributed by atoms with Crippen molar-refractivity contribution in [2.75, 3.05) is 13.7 Å². The molecule has 2 rings (SSSR count). The molecule has 0 amide bonds. The summed E-state index contributed by atoms with van der Waals surface area (Å²) in [6, 6.07) is 7.06. The zero-order chi connectivity index (χ0) is 19.5. The first-order valence-electron chi connectivity index (χ1n) is 8.90. The Morgan fingerprint density at radius 1 is 1.35 bits per heavy atom. The number of esters is 1. The lowest BCUT2D eigenvalue weighted by molar-refractivity contribution is -0.146. The minimum absolute atomic E-state index is 0.117. The van der Waals surface area contributed by atoms with Crippen LogP contribution in [-0.2, 0) is 14.3 Å². The summed E-state index contributed by atoms with van der Waals surface area (Å²) in [7, 11) is 1.44. The van der Waals surface area contributed by atoms with E-state index in [9.17, 15) is 4.79 Å². The SMILES string of the molecule is CCOC(=O)CC(N)C1(OC)C(F)=C(C)C=C(c2ccccc2C)C1C. The standard InChI is InChI=1S/C21H28FNO3/c1-6-26-19(24)12-18(23)21(25-5)15(4)17(11-14(3)20(21)22)16-10-8-7-9-13(16)2/h7-11,15,18H,6,12,23H2,1-5H3. The number of hydrogen-bond donors (Lipinski definition) is 1. The van der Waals surface area contributed by atoms with Crippen molar-refractivity contribution in [3.05, 3.63) is 52.9 Å². The highest BCUT2D eigenvalue weighted by Crippen LogP contribution is 2.47. The summed E-state index contributed by atoms with van der Waals surface area (Å²) in [5, 5.41) is 0. The van der Waals surface area contributed by atoms with Gasteiger partial charge in [0.05, 0.1) is 19.1 Å². The van der Waals surface area contributed by atoms with Gasteiger partial charge < -0.3 is 15.2 Å². The average Bonchev–Trinajstić information content (AvgIpc) is 2.60. The van der Waals surface area contributed by atoms with Crippen molar-refractivity contribution < 1.29 is 18.7 Å². The Hall–Kier alpha value is -1.98. The van der Waals surface area contributed by atoms with Gasteiger partial charge in [0.1, 0.15) is 11.4 Å². The first-order chi connectivity index (χ1) is 12.3. The Morgan fingerprint density at radius 2 is 2.00 bits per heavy atom. The van der Waals surface area contributed by atoms with E-state index in [1.165, 1.54) is 7.11 Å². The average molecular weight is 361 g/mol. The molecule has 1 aromatic rings. The Bertz CT molecular complexity index is 741. The second-order valence-electron chi connectivity index (χ2n) is 6.75. The fraction of sp³-hybridized carbons (Fsp3) is 0.476. The normalized spacial score (nSPS) is 24.3.